The Labute approximate surface area is 123 Å². The Bertz CT molecular complexity index is 339. The van der Waals surface area contributed by atoms with Gasteiger partial charge in [0.2, 0.25) is 0 Å². The summed E-state index contributed by atoms with van der Waals surface area (Å²) >= 11 is 0. The standard InChI is InChI=1S/C15H28O4Si/c1-5-9-14(16)10-8-12-15(17-2)11-6-7-13-20(15,18-3)19-4/h5,9H,6-8,10-13H2,1-4H3. The van der Waals surface area contributed by atoms with E-state index in [0.29, 0.717) is 6.42 Å². The Morgan fingerprint density at radius 2 is 1.95 bits per heavy atom. The molecule has 4 nitrogen and oxygen atoms in total. The summed E-state index contributed by atoms with van der Waals surface area (Å²) in [7, 11) is 2.87. The minimum Gasteiger partial charge on any atom is -0.396 e. The molecule has 0 aromatic heterocycles. The van der Waals surface area contributed by atoms with Crippen molar-refractivity contribution in [1.82, 2.24) is 0 Å². The van der Waals surface area contributed by atoms with Gasteiger partial charge in [0.25, 0.3) is 0 Å². The summed E-state index contributed by atoms with van der Waals surface area (Å²) in [4.78, 5) is 11.6. The van der Waals surface area contributed by atoms with Crippen LogP contribution in [0.2, 0.25) is 6.04 Å². The molecule has 116 valence electrons. The zero-order valence-corrected chi connectivity index (χ0v) is 14.2. The molecule has 0 aromatic carbocycles. The van der Waals surface area contributed by atoms with E-state index in [2.05, 4.69) is 0 Å². The topological polar surface area (TPSA) is 44.8 Å². The van der Waals surface area contributed by atoms with Crippen molar-refractivity contribution in [2.45, 2.75) is 56.7 Å². The van der Waals surface area contributed by atoms with Crippen LogP contribution in [0.15, 0.2) is 12.2 Å². The third-order valence-corrected chi connectivity index (χ3v) is 8.86. The molecule has 1 heterocycles. The molecule has 1 unspecified atom stereocenters. The Kier molecular flexibility index (Phi) is 7.09. The third kappa shape index (κ3) is 3.58. The number of ketones is 1. The normalized spacial score (nSPS) is 26.0. The van der Waals surface area contributed by atoms with Gasteiger partial charge in [-0.15, -0.1) is 0 Å². The minimum atomic E-state index is -2.35. The van der Waals surface area contributed by atoms with E-state index in [1.807, 2.05) is 6.92 Å². The van der Waals surface area contributed by atoms with Crippen LogP contribution in [0.5, 0.6) is 0 Å². The average Bonchev–Trinajstić information content (AvgIpc) is 2.48. The second-order valence-electron chi connectivity index (χ2n) is 5.39. The predicted octanol–water partition coefficient (Wildman–Crippen LogP) is 3.15. The Morgan fingerprint density at radius 3 is 2.50 bits per heavy atom. The fourth-order valence-electron chi connectivity index (χ4n) is 3.34. The number of hydrogen-bond donors (Lipinski definition) is 0. The molecule has 1 rings (SSSR count). The first kappa shape index (κ1) is 17.6. The summed E-state index contributed by atoms with van der Waals surface area (Å²) in [5.41, 5.74) is 0. The summed E-state index contributed by atoms with van der Waals surface area (Å²) in [6.07, 6.45) is 8.88. The first-order valence-corrected chi connectivity index (χ1v) is 9.43. The molecule has 5 heteroatoms. The maximum Gasteiger partial charge on any atom is 0.370 e. The molecule has 0 bridgehead atoms. The molecule has 1 atom stereocenters. The van der Waals surface area contributed by atoms with E-state index in [9.17, 15) is 4.79 Å². The monoisotopic (exact) mass is 300 g/mol. The zero-order chi connectivity index (χ0) is 15.1. The van der Waals surface area contributed by atoms with Crippen molar-refractivity contribution in [2.24, 2.45) is 0 Å². The lowest BCUT2D eigenvalue weighted by Gasteiger charge is -2.48. The molecule has 0 aromatic rings. The van der Waals surface area contributed by atoms with Crippen molar-refractivity contribution in [1.29, 1.82) is 0 Å². The summed E-state index contributed by atoms with van der Waals surface area (Å²) in [5.74, 6) is 0.177. The van der Waals surface area contributed by atoms with Crippen molar-refractivity contribution in [3.05, 3.63) is 12.2 Å². The van der Waals surface area contributed by atoms with E-state index in [1.54, 1.807) is 33.5 Å². The number of rotatable bonds is 8. The zero-order valence-electron chi connectivity index (χ0n) is 13.2. The summed E-state index contributed by atoms with van der Waals surface area (Å²) in [5, 5.41) is -0.315. The molecule has 0 N–H and O–H groups in total. The molecule has 0 saturated carbocycles. The molecule has 1 fully saturated rings. The first-order chi connectivity index (χ1) is 9.59. The predicted molar refractivity (Wildman–Crippen MR) is 81.8 cm³/mol. The number of ether oxygens (including phenoxy) is 1. The van der Waals surface area contributed by atoms with Crippen molar-refractivity contribution >= 4 is 14.3 Å². The number of carbonyl (C=O) groups excluding carboxylic acids is 1. The SMILES string of the molecule is CC=CC(=O)CCCC1(OC)CCCC[Si]1(OC)OC. The smallest absolute Gasteiger partial charge is 0.370 e. The maximum absolute atomic E-state index is 11.6. The Hall–Kier alpha value is -0.493. The summed E-state index contributed by atoms with van der Waals surface area (Å²) in [6, 6.07) is 0.969. The molecule has 20 heavy (non-hydrogen) atoms. The minimum absolute atomic E-state index is 0.177. The van der Waals surface area contributed by atoms with E-state index in [1.165, 1.54) is 0 Å². The van der Waals surface area contributed by atoms with Crippen LogP contribution in [-0.4, -0.2) is 40.9 Å². The third-order valence-electron chi connectivity index (χ3n) is 4.44. The second kappa shape index (κ2) is 8.07. The van der Waals surface area contributed by atoms with E-state index < -0.39 is 8.56 Å². The van der Waals surface area contributed by atoms with Gasteiger partial charge in [-0.1, -0.05) is 18.9 Å². The number of methoxy groups -OCH3 is 1. The van der Waals surface area contributed by atoms with E-state index >= 15 is 0 Å². The lowest BCUT2D eigenvalue weighted by atomic mass is 10.0. The summed E-state index contributed by atoms with van der Waals surface area (Å²) in [6.45, 7) is 1.86. The number of allylic oxidation sites excluding steroid dienone is 2. The molecule has 0 radical (unpaired) electrons. The van der Waals surface area contributed by atoms with Gasteiger partial charge in [0.1, 0.15) is 5.22 Å². The van der Waals surface area contributed by atoms with Crippen LogP contribution in [0, 0.1) is 0 Å². The molecule has 1 saturated heterocycles. The van der Waals surface area contributed by atoms with Gasteiger partial charge in [-0.3, -0.25) is 4.79 Å². The molecule has 1 aliphatic rings. The lowest BCUT2D eigenvalue weighted by molar-refractivity contribution is -0.115. The van der Waals surface area contributed by atoms with Crippen LogP contribution in [0.4, 0.5) is 0 Å². The fourth-order valence-corrected chi connectivity index (χ4v) is 7.25. The van der Waals surface area contributed by atoms with Crippen LogP contribution in [0.25, 0.3) is 0 Å². The van der Waals surface area contributed by atoms with Gasteiger partial charge < -0.3 is 13.6 Å². The van der Waals surface area contributed by atoms with Crippen LogP contribution in [0.1, 0.15) is 45.4 Å². The Balaban J connectivity index is 2.75. The van der Waals surface area contributed by atoms with Crippen LogP contribution in [0.3, 0.4) is 0 Å². The lowest BCUT2D eigenvalue weighted by Crippen LogP contribution is -2.64. The molecular weight excluding hydrogens is 272 g/mol. The second-order valence-corrected chi connectivity index (χ2v) is 9.12. The molecule has 0 aliphatic carbocycles. The quantitative estimate of drug-likeness (QED) is 0.510. The molecule has 0 amide bonds. The largest absolute Gasteiger partial charge is 0.396 e. The van der Waals surface area contributed by atoms with Crippen molar-refractivity contribution in [3.8, 4) is 0 Å². The average molecular weight is 300 g/mol. The van der Waals surface area contributed by atoms with E-state index in [4.69, 9.17) is 13.6 Å². The fraction of sp³-hybridized carbons (Fsp3) is 0.800. The first-order valence-electron chi connectivity index (χ1n) is 7.40. The van der Waals surface area contributed by atoms with Crippen molar-refractivity contribution in [3.63, 3.8) is 0 Å². The van der Waals surface area contributed by atoms with Gasteiger partial charge in [-0.25, -0.2) is 0 Å². The van der Waals surface area contributed by atoms with Crippen molar-refractivity contribution in [2.75, 3.05) is 21.3 Å². The van der Waals surface area contributed by atoms with E-state index in [-0.39, 0.29) is 11.0 Å². The molecule has 0 spiro atoms. The van der Waals surface area contributed by atoms with Gasteiger partial charge in [0, 0.05) is 27.8 Å². The van der Waals surface area contributed by atoms with Crippen molar-refractivity contribution < 1.29 is 18.4 Å². The highest BCUT2D eigenvalue weighted by atomic mass is 28.4. The number of hydrogen-bond acceptors (Lipinski definition) is 4. The highest BCUT2D eigenvalue weighted by molar-refractivity contribution is 6.70. The van der Waals surface area contributed by atoms with Crippen LogP contribution >= 0.6 is 0 Å². The van der Waals surface area contributed by atoms with Gasteiger partial charge in [-0.05, 0) is 38.3 Å². The Morgan fingerprint density at radius 1 is 1.25 bits per heavy atom. The highest BCUT2D eigenvalue weighted by Gasteiger charge is 2.58. The van der Waals surface area contributed by atoms with Crippen LogP contribution in [-0.2, 0) is 18.4 Å². The van der Waals surface area contributed by atoms with Gasteiger partial charge in [-0.2, -0.15) is 0 Å². The van der Waals surface area contributed by atoms with E-state index in [0.717, 1.165) is 38.1 Å². The van der Waals surface area contributed by atoms with Gasteiger partial charge in [0.05, 0.1) is 0 Å². The molecular formula is C15H28O4Si. The number of carbonyl (C=O) groups is 1. The van der Waals surface area contributed by atoms with Gasteiger partial charge in [0.15, 0.2) is 5.78 Å². The maximum atomic E-state index is 11.6. The van der Waals surface area contributed by atoms with Crippen LogP contribution < -0.4 is 0 Å². The molecule has 1 aliphatic heterocycles. The highest BCUT2D eigenvalue weighted by Crippen LogP contribution is 2.42. The summed E-state index contributed by atoms with van der Waals surface area (Å²) < 4.78 is 17.6. The van der Waals surface area contributed by atoms with Gasteiger partial charge >= 0.3 is 8.56 Å².